The molecule has 3 N–H and O–H groups in total. The average molecular weight is 241 g/mol. The number of nitrogen functional groups attached to an aromatic ring is 1. The summed E-state index contributed by atoms with van der Waals surface area (Å²) in [5.41, 5.74) is 9.51. The number of carbonyl (C=O) groups excluding carboxylic acids is 1. The lowest BCUT2D eigenvalue weighted by Crippen LogP contribution is -2.14. The van der Waals surface area contributed by atoms with E-state index in [1.165, 1.54) is 0 Å². The Balaban J connectivity index is 2.25. The Bertz CT molecular complexity index is 593. The van der Waals surface area contributed by atoms with Gasteiger partial charge in [-0.05, 0) is 49.2 Å². The van der Waals surface area contributed by atoms with Gasteiger partial charge in [-0.25, -0.2) is 0 Å². The van der Waals surface area contributed by atoms with E-state index in [0.29, 0.717) is 11.3 Å². The van der Waals surface area contributed by atoms with Gasteiger partial charge in [0, 0.05) is 29.3 Å². The third-order valence-corrected chi connectivity index (χ3v) is 2.76. The predicted molar refractivity (Wildman–Crippen MR) is 72.5 cm³/mol. The lowest BCUT2D eigenvalue weighted by atomic mass is 10.1. The van der Waals surface area contributed by atoms with Crippen LogP contribution in [0.3, 0.4) is 0 Å². The fourth-order valence-corrected chi connectivity index (χ4v) is 1.74. The van der Waals surface area contributed by atoms with Crippen molar-refractivity contribution >= 4 is 17.3 Å². The normalized spacial score (nSPS) is 10.1. The second-order valence-corrected chi connectivity index (χ2v) is 4.22. The van der Waals surface area contributed by atoms with E-state index in [1.807, 2.05) is 13.8 Å². The van der Waals surface area contributed by atoms with E-state index in [4.69, 9.17) is 5.73 Å². The van der Waals surface area contributed by atoms with Crippen molar-refractivity contribution in [3.05, 3.63) is 53.3 Å². The summed E-state index contributed by atoms with van der Waals surface area (Å²) in [5.74, 6) is -0.137. The number of nitrogens with one attached hydrogen (secondary N) is 1. The summed E-state index contributed by atoms with van der Waals surface area (Å²) in [6.07, 6.45) is 3.36. The number of hydrogen-bond acceptors (Lipinski definition) is 3. The Labute approximate surface area is 106 Å². The Morgan fingerprint density at radius 3 is 2.67 bits per heavy atom. The molecule has 1 heterocycles. The molecular formula is C14H15N3O. The molecule has 0 aliphatic heterocycles. The molecule has 0 fully saturated rings. The Hall–Kier alpha value is -2.36. The van der Waals surface area contributed by atoms with Gasteiger partial charge in [-0.3, -0.25) is 9.78 Å². The highest BCUT2D eigenvalue weighted by Gasteiger charge is 2.10. The molecule has 1 aromatic carbocycles. The number of nitrogens with zero attached hydrogens (tertiary/aromatic N) is 1. The molecule has 18 heavy (non-hydrogen) atoms. The number of amides is 1. The minimum Gasteiger partial charge on any atom is -0.399 e. The first-order valence-electron chi connectivity index (χ1n) is 5.66. The Morgan fingerprint density at radius 2 is 2.00 bits per heavy atom. The van der Waals surface area contributed by atoms with E-state index < -0.39 is 0 Å². The molecule has 0 spiro atoms. The number of nitrogens with two attached hydrogens (primary N) is 1. The van der Waals surface area contributed by atoms with Crippen LogP contribution in [0.25, 0.3) is 0 Å². The summed E-state index contributed by atoms with van der Waals surface area (Å²) in [6, 6.07) is 7.02. The number of anilines is 2. The van der Waals surface area contributed by atoms with Crippen LogP contribution in [0, 0.1) is 13.8 Å². The van der Waals surface area contributed by atoms with Crippen molar-refractivity contribution in [1.29, 1.82) is 0 Å². The van der Waals surface area contributed by atoms with Crippen LogP contribution >= 0.6 is 0 Å². The van der Waals surface area contributed by atoms with Crippen molar-refractivity contribution in [2.45, 2.75) is 13.8 Å². The molecule has 1 aromatic heterocycles. The van der Waals surface area contributed by atoms with E-state index in [-0.39, 0.29) is 5.91 Å². The second-order valence-electron chi connectivity index (χ2n) is 4.22. The van der Waals surface area contributed by atoms with Gasteiger partial charge in [-0.2, -0.15) is 0 Å². The number of rotatable bonds is 2. The summed E-state index contributed by atoms with van der Waals surface area (Å²) in [6.45, 7) is 3.77. The Morgan fingerprint density at radius 1 is 1.22 bits per heavy atom. The number of pyridine rings is 1. The van der Waals surface area contributed by atoms with Crippen LogP contribution in [0.1, 0.15) is 21.5 Å². The zero-order valence-electron chi connectivity index (χ0n) is 10.4. The first kappa shape index (κ1) is 12.1. The van der Waals surface area contributed by atoms with Crippen molar-refractivity contribution in [2.75, 3.05) is 11.1 Å². The quantitative estimate of drug-likeness (QED) is 0.794. The number of aromatic nitrogens is 1. The first-order chi connectivity index (χ1) is 8.58. The van der Waals surface area contributed by atoms with E-state index in [1.54, 1.807) is 36.7 Å². The van der Waals surface area contributed by atoms with Crippen molar-refractivity contribution in [2.24, 2.45) is 0 Å². The highest BCUT2D eigenvalue weighted by Crippen LogP contribution is 2.16. The van der Waals surface area contributed by atoms with Gasteiger partial charge in [0.05, 0.1) is 0 Å². The van der Waals surface area contributed by atoms with Gasteiger partial charge >= 0.3 is 0 Å². The van der Waals surface area contributed by atoms with Crippen LogP contribution in [0.15, 0.2) is 36.7 Å². The van der Waals surface area contributed by atoms with Crippen molar-refractivity contribution in [3.63, 3.8) is 0 Å². The molecule has 0 atom stereocenters. The fourth-order valence-electron chi connectivity index (χ4n) is 1.74. The van der Waals surface area contributed by atoms with Gasteiger partial charge in [0.1, 0.15) is 0 Å². The minimum atomic E-state index is -0.137. The molecule has 0 bridgehead atoms. The smallest absolute Gasteiger partial charge is 0.255 e. The van der Waals surface area contributed by atoms with Crippen molar-refractivity contribution < 1.29 is 4.79 Å². The summed E-state index contributed by atoms with van der Waals surface area (Å²) in [5, 5.41) is 2.87. The van der Waals surface area contributed by atoms with E-state index in [0.717, 1.165) is 16.8 Å². The van der Waals surface area contributed by atoms with Crippen molar-refractivity contribution in [1.82, 2.24) is 4.98 Å². The molecule has 92 valence electrons. The summed E-state index contributed by atoms with van der Waals surface area (Å²) in [7, 11) is 0. The van der Waals surface area contributed by atoms with E-state index in [2.05, 4.69) is 10.3 Å². The van der Waals surface area contributed by atoms with Crippen LogP contribution in [0.4, 0.5) is 11.4 Å². The lowest BCUT2D eigenvalue weighted by Gasteiger charge is -2.09. The lowest BCUT2D eigenvalue weighted by molar-refractivity contribution is 0.102. The third kappa shape index (κ3) is 2.48. The van der Waals surface area contributed by atoms with Crippen LogP contribution in [-0.2, 0) is 0 Å². The minimum absolute atomic E-state index is 0.137. The largest absolute Gasteiger partial charge is 0.399 e. The second kappa shape index (κ2) is 4.87. The highest BCUT2D eigenvalue weighted by molar-refractivity contribution is 6.05. The van der Waals surface area contributed by atoms with Crippen molar-refractivity contribution in [3.8, 4) is 0 Å². The molecule has 1 amide bonds. The van der Waals surface area contributed by atoms with Crippen LogP contribution < -0.4 is 11.1 Å². The molecule has 0 aliphatic carbocycles. The maximum Gasteiger partial charge on any atom is 0.255 e. The molecule has 0 unspecified atom stereocenters. The summed E-state index contributed by atoms with van der Waals surface area (Å²) < 4.78 is 0. The molecule has 4 nitrogen and oxygen atoms in total. The van der Waals surface area contributed by atoms with E-state index >= 15 is 0 Å². The molecule has 0 saturated carbocycles. The third-order valence-electron chi connectivity index (χ3n) is 2.76. The zero-order valence-corrected chi connectivity index (χ0v) is 10.4. The maximum absolute atomic E-state index is 12.1. The summed E-state index contributed by atoms with van der Waals surface area (Å²) >= 11 is 0. The highest BCUT2D eigenvalue weighted by atomic mass is 16.1. The van der Waals surface area contributed by atoms with Gasteiger partial charge in [0.15, 0.2) is 0 Å². The number of aryl methyl sites for hydroxylation is 2. The van der Waals surface area contributed by atoms with Crippen LogP contribution in [-0.4, -0.2) is 10.9 Å². The molecule has 2 aromatic rings. The fraction of sp³-hybridized carbons (Fsp3) is 0.143. The molecule has 2 rings (SSSR count). The zero-order chi connectivity index (χ0) is 13.1. The molecule has 4 heteroatoms. The van der Waals surface area contributed by atoms with Gasteiger partial charge in [0.25, 0.3) is 5.91 Å². The topological polar surface area (TPSA) is 68.0 Å². The molecule has 0 aliphatic rings. The van der Waals surface area contributed by atoms with Gasteiger partial charge in [0.2, 0.25) is 0 Å². The SMILES string of the molecule is Cc1cnccc1NC(=O)c1ccc(N)cc1C. The van der Waals surface area contributed by atoms with Crippen LogP contribution in [0.5, 0.6) is 0 Å². The Kier molecular flexibility index (Phi) is 3.28. The van der Waals surface area contributed by atoms with Gasteiger partial charge in [-0.1, -0.05) is 0 Å². The first-order valence-corrected chi connectivity index (χ1v) is 5.66. The molecule has 0 radical (unpaired) electrons. The van der Waals surface area contributed by atoms with Gasteiger partial charge < -0.3 is 11.1 Å². The molecular weight excluding hydrogens is 226 g/mol. The van der Waals surface area contributed by atoms with Crippen LogP contribution in [0.2, 0.25) is 0 Å². The standard InChI is InChI=1S/C14H15N3O/c1-9-7-11(15)3-4-12(9)14(18)17-13-5-6-16-8-10(13)2/h3-8H,15H2,1-2H3,(H,16,17,18). The maximum atomic E-state index is 12.1. The summed E-state index contributed by atoms with van der Waals surface area (Å²) in [4.78, 5) is 16.1. The monoisotopic (exact) mass is 241 g/mol. The molecule has 0 saturated heterocycles. The number of benzene rings is 1. The van der Waals surface area contributed by atoms with Gasteiger partial charge in [-0.15, -0.1) is 0 Å². The van der Waals surface area contributed by atoms with E-state index in [9.17, 15) is 4.79 Å². The average Bonchev–Trinajstić information content (AvgIpc) is 2.32. The number of hydrogen-bond donors (Lipinski definition) is 2. The predicted octanol–water partition coefficient (Wildman–Crippen LogP) is 2.53. The number of carbonyl (C=O) groups is 1.